The van der Waals surface area contributed by atoms with Crippen LogP contribution in [0.3, 0.4) is 0 Å². The Bertz CT molecular complexity index is 1910. The number of hydrogen-bond donors (Lipinski definition) is 2. The highest BCUT2D eigenvalue weighted by molar-refractivity contribution is 7.16. The molecule has 3 aliphatic heterocycles. The third-order valence-electron chi connectivity index (χ3n) is 10.6. The van der Waals surface area contributed by atoms with Crippen LogP contribution >= 0.6 is 11.3 Å². The van der Waals surface area contributed by atoms with Gasteiger partial charge in [-0.2, -0.15) is 15.6 Å². The molecule has 0 aromatic carbocycles. The molecule has 0 saturated carbocycles. The lowest BCUT2D eigenvalue weighted by atomic mass is 9.68. The van der Waals surface area contributed by atoms with Crippen LogP contribution in [0.2, 0.25) is 0 Å². The van der Waals surface area contributed by atoms with Crippen LogP contribution in [-0.2, 0) is 23.2 Å². The number of fused-ring (bicyclic) bond motifs is 5. The molecule has 8 rings (SSSR count). The molecule has 3 N–H and O–H groups in total. The van der Waals surface area contributed by atoms with Crippen LogP contribution in [0.15, 0.2) is 10.7 Å². The number of nitrogens with two attached hydrogens (primary N) is 1. The summed E-state index contributed by atoms with van der Waals surface area (Å²) in [4.78, 5) is 15.7. The summed E-state index contributed by atoms with van der Waals surface area (Å²) in [6.45, 7) is 4.76. The number of nitriles is 2. The second-order valence-electron chi connectivity index (χ2n) is 13.2. The van der Waals surface area contributed by atoms with Gasteiger partial charge in [0.05, 0.1) is 65.5 Å². The maximum Gasteiger partial charge on any atom is 0.186 e. The van der Waals surface area contributed by atoms with Crippen molar-refractivity contribution in [1.29, 1.82) is 10.5 Å². The van der Waals surface area contributed by atoms with Crippen molar-refractivity contribution in [3.8, 4) is 23.7 Å². The van der Waals surface area contributed by atoms with E-state index in [1.165, 1.54) is 11.3 Å². The first-order chi connectivity index (χ1) is 22.3. The fraction of sp³-hybridized carbons (Fsp3) is 0.562. The fourth-order valence-electron chi connectivity index (χ4n) is 8.25. The van der Waals surface area contributed by atoms with Crippen LogP contribution in [0.25, 0.3) is 22.6 Å². The Morgan fingerprint density at radius 1 is 1.22 bits per heavy atom. The van der Waals surface area contributed by atoms with Crippen molar-refractivity contribution >= 4 is 33.2 Å². The summed E-state index contributed by atoms with van der Waals surface area (Å²) in [7, 11) is 2.15. The summed E-state index contributed by atoms with van der Waals surface area (Å²) in [5.41, 5.74) is 9.04. The molecular weight excluding hydrogens is 604 g/mol. The van der Waals surface area contributed by atoms with E-state index >= 15 is 0 Å². The number of aryl methyl sites for hydroxylation is 1. The lowest BCUT2D eigenvalue weighted by Crippen LogP contribution is -2.43. The van der Waals surface area contributed by atoms with Gasteiger partial charge in [-0.15, -0.1) is 11.3 Å². The van der Waals surface area contributed by atoms with Crippen molar-refractivity contribution in [3.63, 3.8) is 0 Å². The number of nitrogen functional groups attached to an aromatic ring is 1. The predicted octanol–water partition coefficient (Wildman–Crippen LogP) is 3.52. The van der Waals surface area contributed by atoms with E-state index in [4.69, 9.17) is 30.1 Å². The Balaban J connectivity index is 1.29. The van der Waals surface area contributed by atoms with Crippen LogP contribution in [0, 0.1) is 28.6 Å². The number of hydrogen-bond acceptors (Lipinski definition) is 13. The smallest absolute Gasteiger partial charge is 0.186 e. The van der Waals surface area contributed by atoms with E-state index in [0.717, 1.165) is 60.0 Å². The average molecular weight is 641 g/mol. The molecule has 13 nitrogen and oxygen atoms in total. The Morgan fingerprint density at radius 3 is 2.87 bits per heavy atom. The zero-order chi connectivity index (χ0) is 31.7. The molecule has 2 saturated heterocycles. The summed E-state index contributed by atoms with van der Waals surface area (Å²) in [5.74, 6) is 1.20. The maximum atomic E-state index is 10.5. The zero-order valence-electron chi connectivity index (χ0n) is 25.9. The van der Waals surface area contributed by atoms with E-state index in [-0.39, 0.29) is 12.6 Å². The van der Waals surface area contributed by atoms with E-state index in [0.29, 0.717) is 71.5 Å². The standard InChI is InChI=1S/C32H36N10O3S/c1-17(22-5-4-9-40(22)2)42-31-20(13-36-42)30(41-10-7-23(43)18(11-33)14-41)37-29(38-31)26-21-15-44-16-32(27(21)45-39-26)8-3-6-24-25(32)19(12-34)28(35)46-24/h13,17-18,22-23,43H,3-10,14-16,35H2,1-2H3/t17-,18+,22-,23+,32+/m0/s1. The first kappa shape index (κ1) is 29.3. The first-order valence-corrected chi connectivity index (χ1v) is 16.8. The molecule has 7 heterocycles. The number of ether oxygens (including phenoxy) is 1. The largest absolute Gasteiger partial charge is 0.392 e. The number of rotatable bonds is 4. The van der Waals surface area contributed by atoms with Crippen molar-refractivity contribution < 1.29 is 14.4 Å². The molecular formula is C32H36N10O3S. The summed E-state index contributed by atoms with van der Waals surface area (Å²) in [6.07, 6.45) is 6.34. The Morgan fingerprint density at radius 2 is 2.09 bits per heavy atom. The van der Waals surface area contributed by atoms with Crippen molar-refractivity contribution in [2.24, 2.45) is 5.92 Å². The van der Waals surface area contributed by atoms with Gasteiger partial charge < -0.3 is 29.9 Å². The number of anilines is 2. The minimum Gasteiger partial charge on any atom is -0.392 e. The monoisotopic (exact) mass is 640 g/mol. The van der Waals surface area contributed by atoms with Gasteiger partial charge in [0.1, 0.15) is 16.9 Å². The highest BCUT2D eigenvalue weighted by Crippen LogP contribution is 2.52. The number of aromatic nitrogens is 5. The molecule has 5 atom stereocenters. The molecule has 1 aliphatic carbocycles. The number of likely N-dealkylation sites (N-methyl/N-ethyl adjacent to an activating group) is 1. The summed E-state index contributed by atoms with van der Waals surface area (Å²) >= 11 is 1.48. The quantitative estimate of drug-likeness (QED) is 0.332. The minimum atomic E-state index is -0.681. The second-order valence-corrected chi connectivity index (χ2v) is 14.3. The molecule has 0 amide bonds. The van der Waals surface area contributed by atoms with Gasteiger partial charge in [0.2, 0.25) is 0 Å². The van der Waals surface area contributed by atoms with Crippen LogP contribution in [0.1, 0.15) is 72.4 Å². The van der Waals surface area contributed by atoms with Crippen molar-refractivity contribution in [2.45, 2.75) is 75.7 Å². The third kappa shape index (κ3) is 4.28. The molecule has 14 heteroatoms. The van der Waals surface area contributed by atoms with Crippen molar-refractivity contribution in [2.75, 3.05) is 43.9 Å². The Hall–Kier alpha value is -4.08. The van der Waals surface area contributed by atoms with Gasteiger partial charge in [-0.1, -0.05) is 5.16 Å². The van der Waals surface area contributed by atoms with Crippen LogP contribution < -0.4 is 10.6 Å². The molecule has 0 bridgehead atoms. The highest BCUT2D eigenvalue weighted by Gasteiger charge is 2.50. The fourth-order valence-corrected chi connectivity index (χ4v) is 9.41. The van der Waals surface area contributed by atoms with Gasteiger partial charge in [0.15, 0.2) is 22.9 Å². The van der Waals surface area contributed by atoms with Gasteiger partial charge in [0, 0.05) is 29.6 Å². The summed E-state index contributed by atoms with van der Waals surface area (Å²) in [5, 5.41) is 41.1. The Kier molecular flexibility index (Phi) is 7.03. The van der Waals surface area contributed by atoms with E-state index in [9.17, 15) is 15.6 Å². The topological polar surface area (TPSA) is 179 Å². The zero-order valence-corrected chi connectivity index (χ0v) is 26.8. The minimum absolute atomic E-state index is 0.0579. The SMILES string of the molecule is C[C@@H]([C@@H]1CCCN1C)n1ncc2c(N3CC[C@@H](O)[C@H](C#N)C3)nc(-c3noc4c3COC[C@@]43CCCc4sc(N)c(C#N)c43)nc21. The normalized spacial score (nSPS) is 27.0. The van der Waals surface area contributed by atoms with Gasteiger partial charge in [-0.3, -0.25) is 0 Å². The molecule has 46 heavy (non-hydrogen) atoms. The number of likely N-dealkylation sites (tertiary alicyclic amines) is 1. The van der Waals surface area contributed by atoms with E-state index in [1.807, 2.05) is 10.9 Å². The molecule has 4 aliphatic rings. The number of aliphatic hydroxyl groups is 1. The van der Waals surface area contributed by atoms with E-state index in [1.54, 1.807) is 0 Å². The first-order valence-electron chi connectivity index (χ1n) is 16.0. The number of aliphatic hydroxyl groups excluding tert-OH is 1. The van der Waals surface area contributed by atoms with Crippen LogP contribution in [0.5, 0.6) is 0 Å². The lowest BCUT2D eigenvalue weighted by molar-refractivity contribution is 0.0459. The van der Waals surface area contributed by atoms with Gasteiger partial charge >= 0.3 is 0 Å². The van der Waals surface area contributed by atoms with Gasteiger partial charge in [-0.05, 0) is 59.0 Å². The highest BCUT2D eigenvalue weighted by atomic mass is 32.1. The third-order valence-corrected chi connectivity index (χ3v) is 11.7. The molecule has 0 radical (unpaired) electrons. The molecule has 4 aromatic heterocycles. The van der Waals surface area contributed by atoms with Gasteiger partial charge in [-0.25, -0.2) is 14.6 Å². The molecule has 4 aromatic rings. The molecule has 0 unspecified atom stereocenters. The molecule has 1 spiro atoms. The maximum absolute atomic E-state index is 10.5. The van der Waals surface area contributed by atoms with Gasteiger partial charge in [0.25, 0.3) is 0 Å². The lowest BCUT2D eigenvalue weighted by Gasteiger charge is -2.38. The van der Waals surface area contributed by atoms with Crippen LogP contribution in [0.4, 0.5) is 10.8 Å². The Labute approximate surface area is 270 Å². The molecule has 238 valence electrons. The molecule has 2 fully saturated rings. The number of thiophene rings is 1. The van der Waals surface area contributed by atoms with Crippen molar-refractivity contribution in [3.05, 3.63) is 33.5 Å². The van der Waals surface area contributed by atoms with Crippen LogP contribution in [-0.4, -0.2) is 80.3 Å². The van der Waals surface area contributed by atoms with E-state index < -0.39 is 17.4 Å². The number of nitrogens with zero attached hydrogens (tertiary/aromatic N) is 9. The van der Waals surface area contributed by atoms with Crippen molar-refractivity contribution in [1.82, 2.24) is 29.8 Å². The summed E-state index contributed by atoms with van der Waals surface area (Å²) in [6, 6.07) is 4.99. The predicted molar refractivity (Wildman–Crippen MR) is 170 cm³/mol. The van der Waals surface area contributed by atoms with E-state index in [2.05, 4.69) is 41.1 Å². The summed E-state index contributed by atoms with van der Waals surface area (Å²) < 4.78 is 14.5. The second kappa shape index (κ2) is 11.0. The average Bonchev–Trinajstić information content (AvgIpc) is 3.86. The number of piperidine rings is 1.